The van der Waals surface area contributed by atoms with Crippen LogP contribution in [0, 0.1) is 0 Å². The number of unbranched alkanes of at least 4 members (excludes halogenated alkanes) is 5. The average Bonchev–Trinajstić information content (AvgIpc) is 2.92. The molecular formula is C11H20O2. The predicted molar refractivity (Wildman–Crippen MR) is 52.7 cm³/mol. The van der Waals surface area contributed by atoms with E-state index in [1.165, 1.54) is 32.1 Å². The monoisotopic (exact) mass is 184 g/mol. The van der Waals surface area contributed by atoms with Crippen LogP contribution in [0.4, 0.5) is 0 Å². The minimum Gasteiger partial charge on any atom is -0.362 e. The Labute approximate surface area is 80.7 Å². The molecule has 0 saturated carbocycles. The number of epoxide rings is 1. The Morgan fingerprint density at radius 2 is 1.85 bits per heavy atom. The molecule has 1 aliphatic rings. The number of rotatable bonds is 8. The number of carbonyl (C=O) groups is 1. The third-order valence-corrected chi connectivity index (χ3v) is 2.68. The van der Waals surface area contributed by atoms with E-state index in [0.717, 1.165) is 19.1 Å². The molecule has 1 rings (SSSR count). The van der Waals surface area contributed by atoms with Crippen LogP contribution >= 0.6 is 0 Å². The van der Waals surface area contributed by atoms with Gasteiger partial charge in [-0.3, -0.25) is 0 Å². The molecule has 0 aromatic rings. The molecule has 1 aliphatic heterocycles. The van der Waals surface area contributed by atoms with E-state index < -0.39 is 0 Å². The maximum Gasteiger partial charge on any atom is 0.154 e. The van der Waals surface area contributed by atoms with Gasteiger partial charge in [-0.2, -0.15) is 0 Å². The molecule has 1 fully saturated rings. The number of hydrogen-bond acceptors (Lipinski definition) is 2. The van der Waals surface area contributed by atoms with Crippen molar-refractivity contribution in [2.24, 2.45) is 0 Å². The van der Waals surface area contributed by atoms with E-state index in [4.69, 9.17) is 4.74 Å². The summed E-state index contributed by atoms with van der Waals surface area (Å²) in [5.41, 5.74) is -0.343. The lowest BCUT2D eigenvalue weighted by atomic mass is 10.0. The topological polar surface area (TPSA) is 29.6 Å². The second-order valence-corrected chi connectivity index (χ2v) is 3.99. The summed E-state index contributed by atoms with van der Waals surface area (Å²) in [6.07, 6.45) is 9.58. The van der Waals surface area contributed by atoms with E-state index in [9.17, 15) is 4.79 Å². The third-order valence-electron chi connectivity index (χ3n) is 2.68. The van der Waals surface area contributed by atoms with Crippen LogP contribution in [-0.4, -0.2) is 18.5 Å². The summed E-state index contributed by atoms with van der Waals surface area (Å²) >= 11 is 0. The zero-order valence-corrected chi connectivity index (χ0v) is 8.55. The van der Waals surface area contributed by atoms with Gasteiger partial charge < -0.3 is 9.53 Å². The van der Waals surface area contributed by atoms with Crippen LogP contribution in [0.2, 0.25) is 0 Å². The van der Waals surface area contributed by atoms with Crippen molar-refractivity contribution in [1.82, 2.24) is 0 Å². The first kappa shape index (κ1) is 10.7. The lowest BCUT2D eigenvalue weighted by Gasteiger charge is -2.02. The molecule has 0 aromatic heterocycles. The zero-order valence-electron chi connectivity index (χ0n) is 8.55. The third kappa shape index (κ3) is 3.90. The molecule has 0 N–H and O–H groups in total. The lowest BCUT2D eigenvalue weighted by molar-refractivity contribution is -0.112. The fraction of sp³-hybridized carbons (Fsp3) is 0.909. The second kappa shape index (κ2) is 5.38. The molecule has 1 heterocycles. The van der Waals surface area contributed by atoms with E-state index in [-0.39, 0.29) is 5.60 Å². The van der Waals surface area contributed by atoms with Crippen molar-refractivity contribution in [2.75, 3.05) is 6.61 Å². The van der Waals surface area contributed by atoms with Crippen LogP contribution in [0.5, 0.6) is 0 Å². The van der Waals surface area contributed by atoms with Gasteiger partial charge in [0.15, 0.2) is 6.29 Å². The largest absolute Gasteiger partial charge is 0.362 e. The van der Waals surface area contributed by atoms with Crippen molar-refractivity contribution >= 4 is 6.29 Å². The molecule has 2 heteroatoms. The van der Waals surface area contributed by atoms with Crippen molar-refractivity contribution < 1.29 is 9.53 Å². The molecule has 0 spiro atoms. The van der Waals surface area contributed by atoms with Gasteiger partial charge in [-0.1, -0.05) is 45.4 Å². The number of hydrogen-bond donors (Lipinski definition) is 0. The van der Waals surface area contributed by atoms with Crippen LogP contribution in [0.1, 0.15) is 51.9 Å². The number of ether oxygens (including phenoxy) is 1. The smallest absolute Gasteiger partial charge is 0.154 e. The molecule has 0 bridgehead atoms. The Bertz CT molecular complexity index is 150. The Balaban J connectivity index is 1.87. The van der Waals surface area contributed by atoms with Crippen molar-refractivity contribution in [3.05, 3.63) is 0 Å². The first-order valence-corrected chi connectivity index (χ1v) is 5.43. The molecule has 1 saturated heterocycles. The molecule has 13 heavy (non-hydrogen) atoms. The van der Waals surface area contributed by atoms with E-state index in [0.29, 0.717) is 6.61 Å². The summed E-state index contributed by atoms with van der Waals surface area (Å²) in [5.74, 6) is 0. The van der Waals surface area contributed by atoms with Crippen molar-refractivity contribution in [3.8, 4) is 0 Å². The standard InChI is InChI=1S/C11H20O2/c1-2-3-4-5-6-7-8-11(9-12)10-13-11/h9H,2-8,10H2,1H3. The minimum absolute atomic E-state index is 0.343. The summed E-state index contributed by atoms with van der Waals surface area (Å²) < 4.78 is 5.10. The first-order valence-electron chi connectivity index (χ1n) is 5.43. The molecular weight excluding hydrogens is 164 g/mol. The molecule has 1 atom stereocenters. The second-order valence-electron chi connectivity index (χ2n) is 3.99. The normalized spacial score (nSPS) is 25.9. The summed E-state index contributed by atoms with van der Waals surface area (Å²) in [6.45, 7) is 2.88. The van der Waals surface area contributed by atoms with E-state index in [1.807, 2.05) is 0 Å². The van der Waals surface area contributed by atoms with Gasteiger partial charge in [0, 0.05) is 0 Å². The summed E-state index contributed by atoms with van der Waals surface area (Å²) in [7, 11) is 0. The van der Waals surface area contributed by atoms with Crippen LogP contribution in [0.15, 0.2) is 0 Å². The van der Waals surface area contributed by atoms with Gasteiger partial charge >= 0.3 is 0 Å². The minimum atomic E-state index is -0.343. The summed E-state index contributed by atoms with van der Waals surface area (Å²) in [6, 6.07) is 0. The quantitative estimate of drug-likeness (QED) is 0.330. The Morgan fingerprint density at radius 3 is 2.38 bits per heavy atom. The average molecular weight is 184 g/mol. The lowest BCUT2D eigenvalue weighted by Crippen LogP contribution is -2.11. The van der Waals surface area contributed by atoms with Gasteiger partial charge in [-0.15, -0.1) is 0 Å². The van der Waals surface area contributed by atoms with Gasteiger partial charge in [-0.25, -0.2) is 0 Å². The van der Waals surface area contributed by atoms with E-state index in [1.54, 1.807) is 0 Å². The summed E-state index contributed by atoms with van der Waals surface area (Å²) in [4.78, 5) is 10.5. The number of aldehydes is 1. The van der Waals surface area contributed by atoms with E-state index in [2.05, 4.69) is 6.92 Å². The molecule has 76 valence electrons. The van der Waals surface area contributed by atoms with Crippen molar-refractivity contribution in [1.29, 1.82) is 0 Å². The molecule has 2 nitrogen and oxygen atoms in total. The van der Waals surface area contributed by atoms with Crippen LogP contribution in [0.25, 0.3) is 0 Å². The van der Waals surface area contributed by atoms with Crippen molar-refractivity contribution in [2.45, 2.75) is 57.5 Å². The van der Waals surface area contributed by atoms with Gasteiger partial charge in [0.1, 0.15) is 5.60 Å². The molecule has 0 aromatic carbocycles. The summed E-state index contributed by atoms with van der Waals surface area (Å²) in [5, 5.41) is 0. The van der Waals surface area contributed by atoms with Gasteiger partial charge in [0.2, 0.25) is 0 Å². The highest BCUT2D eigenvalue weighted by Crippen LogP contribution is 2.30. The maximum atomic E-state index is 10.5. The fourth-order valence-electron chi connectivity index (χ4n) is 1.57. The molecule has 0 aliphatic carbocycles. The maximum absolute atomic E-state index is 10.5. The highest BCUT2D eigenvalue weighted by atomic mass is 16.6. The number of carbonyl (C=O) groups excluding carboxylic acids is 1. The highest BCUT2D eigenvalue weighted by Gasteiger charge is 2.43. The Hall–Kier alpha value is -0.370. The van der Waals surface area contributed by atoms with Gasteiger partial charge in [0.25, 0.3) is 0 Å². The molecule has 1 unspecified atom stereocenters. The highest BCUT2D eigenvalue weighted by molar-refractivity contribution is 5.66. The van der Waals surface area contributed by atoms with E-state index >= 15 is 0 Å². The van der Waals surface area contributed by atoms with Crippen molar-refractivity contribution in [3.63, 3.8) is 0 Å². The predicted octanol–water partition coefficient (Wildman–Crippen LogP) is 2.70. The van der Waals surface area contributed by atoms with Crippen LogP contribution < -0.4 is 0 Å². The SMILES string of the molecule is CCCCCCCCC1(C=O)CO1. The van der Waals surface area contributed by atoms with Gasteiger partial charge in [-0.05, 0) is 6.42 Å². The van der Waals surface area contributed by atoms with Crippen LogP contribution in [0.3, 0.4) is 0 Å². The molecule has 0 radical (unpaired) electrons. The zero-order chi connectivity index (χ0) is 9.57. The molecule has 0 amide bonds. The first-order chi connectivity index (χ1) is 6.33. The Kier molecular flexibility index (Phi) is 4.43. The fourth-order valence-corrected chi connectivity index (χ4v) is 1.57. The van der Waals surface area contributed by atoms with Gasteiger partial charge in [0.05, 0.1) is 6.61 Å². The van der Waals surface area contributed by atoms with Crippen LogP contribution in [-0.2, 0) is 9.53 Å². The Morgan fingerprint density at radius 1 is 1.23 bits per heavy atom.